The number of ether oxygens (including phenoxy) is 1. The van der Waals surface area contributed by atoms with Gasteiger partial charge >= 0.3 is 0 Å². The quantitative estimate of drug-likeness (QED) is 0.614. The van der Waals surface area contributed by atoms with Crippen molar-refractivity contribution in [3.8, 4) is 0 Å². The Kier molecular flexibility index (Phi) is 7.75. The van der Waals surface area contributed by atoms with E-state index in [9.17, 15) is 0 Å². The van der Waals surface area contributed by atoms with Gasteiger partial charge in [-0.25, -0.2) is 9.98 Å². The molecule has 0 spiro atoms. The first-order chi connectivity index (χ1) is 13.3. The molecule has 1 unspecified atom stereocenters. The van der Waals surface area contributed by atoms with Crippen molar-refractivity contribution in [2.45, 2.75) is 45.6 Å². The van der Waals surface area contributed by atoms with Crippen molar-refractivity contribution < 1.29 is 4.74 Å². The van der Waals surface area contributed by atoms with Gasteiger partial charge in [-0.3, -0.25) is 0 Å². The molecule has 0 bridgehead atoms. The number of rotatable bonds is 6. The van der Waals surface area contributed by atoms with Crippen LogP contribution in [0.4, 0.5) is 5.82 Å². The maximum Gasteiger partial charge on any atom is 0.193 e. The molecule has 150 valence electrons. The van der Waals surface area contributed by atoms with Crippen molar-refractivity contribution in [1.29, 1.82) is 0 Å². The predicted molar refractivity (Wildman–Crippen MR) is 111 cm³/mol. The zero-order valence-electron chi connectivity index (χ0n) is 17.0. The molecule has 0 amide bonds. The third-order valence-corrected chi connectivity index (χ3v) is 5.40. The number of hydrogen-bond acceptors (Lipinski definition) is 4. The minimum Gasteiger partial charge on any atom is -0.381 e. The highest BCUT2D eigenvalue weighted by Crippen LogP contribution is 2.18. The number of hydrogen-bond donors (Lipinski definition) is 1. The van der Waals surface area contributed by atoms with Gasteiger partial charge in [-0.15, -0.1) is 0 Å². The lowest BCUT2D eigenvalue weighted by atomic mass is 10.1. The summed E-state index contributed by atoms with van der Waals surface area (Å²) in [5, 5.41) is 3.40. The highest BCUT2D eigenvalue weighted by Gasteiger charge is 2.19. The monoisotopic (exact) mass is 373 g/mol. The summed E-state index contributed by atoms with van der Waals surface area (Å²) in [6, 6.07) is 4.33. The van der Waals surface area contributed by atoms with Crippen LogP contribution in [0.1, 0.15) is 44.6 Å². The number of aliphatic imine (C=N–C) groups is 1. The molecule has 3 rings (SSSR count). The lowest BCUT2D eigenvalue weighted by Crippen LogP contribution is -2.41. The summed E-state index contributed by atoms with van der Waals surface area (Å²) in [6.07, 6.45) is 8.37. The Hall–Kier alpha value is -1.82. The molecule has 3 heterocycles. The fourth-order valence-corrected chi connectivity index (χ4v) is 3.83. The normalized spacial score (nSPS) is 21.2. The van der Waals surface area contributed by atoms with Gasteiger partial charge in [-0.2, -0.15) is 0 Å². The average molecular weight is 374 g/mol. The second kappa shape index (κ2) is 10.5. The summed E-state index contributed by atoms with van der Waals surface area (Å²) in [4.78, 5) is 14.2. The molecule has 0 aromatic carbocycles. The minimum atomic E-state index is 0.605. The van der Waals surface area contributed by atoms with Gasteiger partial charge in [0.1, 0.15) is 5.82 Å². The Morgan fingerprint density at radius 3 is 2.74 bits per heavy atom. The maximum absolute atomic E-state index is 5.50. The summed E-state index contributed by atoms with van der Waals surface area (Å²) in [6.45, 7) is 8.64. The molecule has 2 fully saturated rings. The molecule has 2 aliphatic rings. The Labute approximate surface area is 164 Å². The smallest absolute Gasteiger partial charge is 0.193 e. The van der Waals surface area contributed by atoms with Crippen molar-refractivity contribution >= 4 is 11.8 Å². The number of nitrogens with one attached hydrogen (secondary N) is 1. The Balaban J connectivity index is 1.57. The van der Waals surface area contributed by atoms with Crippen LogP contribution in [0.2, 0.25) is 0 Å². The van der Waals surface area contributed by atoms with E-state index in [-0.39, 0.29) is 0 Å². The largest absolute Gasteiger partial charge is 0.381 e. The van der Waals surface area contributed by atoms with E-state index in [4.69, 9.17) is 14.7 Å². The molecule has 27 heavy (non-hydrogen) atoms. The fraction of sp³-hybridized carbons (Fsp3) is 0.714. The molecule has 2 saturated heterocycles. The van der Waals surface area contributed by atoms with Crippen LogP contribution in [0.15, 0.2) is 23.3 Å². The Bertz CT molecular complexity index is 575. The van der Waals surface area contributed by atoms with Gasteiger partial charge < -0.3 is 19.9 Å². The summed E-state index contributed by atoms with van der Waals surface area (Å²) in [7, 11) is 2.11. The van der Waals surface area contributed by atoms with E-state index in [1.165, 1.54) is 25.7 Å². The first-order valence-electron chi connectivity index (χ1n) is 10.5. The lowest BCUT2D eigenvalue weighted by molar-refractivity contribution is 0.181. The van der Waals surface area contributed by atoms with E-state index in [1.54, 1.807) is 0 Å². The number of aromatic nitrogens is 1. The predicted octanol–water partition coefficient (Wildman–Crippen LogP) is 2.90. The van der Waals surface area contributed by atoms with Gasteiger partial charge in [0.25, 0.3) is 0 Å². The van der Waals surface area contributed by atoms with Gasteiger partial charge in [-0.1, -0.05) is 18.9 Å². The molecular weight excluding hydrogens is 338 g/mol. The first kappa shape index (κ1) is 19.9. The molecule has 1 aromatic rings. The summed E-state index contributed by atoms with van der Waals surface area (Å²) >= 11 is 0. The van der Waals surface area contributed by atoms with Crippen molar-refractivity contribution in [3.05, 3.63) is 23.9 Å². The Morgan fingerprint density at radius 2 is 2.11 bits per heavy atom. The van der Waals surface area contributed by atoms with Crippen LogP contribution in [-0.4, -0.2) is 62.3 Å². The first-order valence-corrected chi connectivity index (χ1v) is 10.5. The minimum absolute atomic E-state index is 0.605. The van der Waals surface area contributed by atoms with E-state index < -0.39 is 0 Å². The summed E-state index contributed by atoms with van der Waals surface area (Å²) in [5.74, 6) is 2.67. The fourth-order valence-electron chi connectivity index (χ4n) is 3.83. The standard InChI is InChI=1S/C21H35N5O/c1-3-22-21(25(2)16-19-10-13-27-17-19)24-15-18-8-9-20(23-14-18)26-11-6-4-5-7-12-26/h8-9,14,19H,3-7,10-13,15-17H2,1-2H3,(H,22,24). The van der Waals surface area contributed by atoms with Gasteiger partial charge in [0.05, 0.1) is 13.2 Å². The van der Waals surface area contributed by atoms with Crippen molar-refractivity contribution in [3.63, 3.8) is 0 Å². The van der Waals surface area contributed by atoms with E-state index >= 15 is 0 Å². The maximum atomic E-state index is 5.50. The third-order valence-electron chi connectivity index (χ3n) is 5.40. The van der Waals surface area contributed by atoms with Gasteiger partial charge in [0.2, 0.25) is 0 Å². The second-order valence-electron chi connectivity index (χ2n) is 7.71. The van der Waals surface area contributed by atoms with Crippen LogP contribution in [0.25, 0.3) is 0 Å². The number of pyridine rings is 1. The molecule has 6 nitrogen and oxygen atoms in total. The van der Waals surface area contributed by atoms with E-state index in [0.717, 1.165) is 63.2 Å². The second-order valence-corrected chi connectivity index (χ2v) is 7.71. The van der Waals surface area contributed by atoms with Crippen LogP contribution in [-0.2, 0) is 11.3 Å². The van der Waals surface area contributed by atoms with E-state index in [2.05, 4.69) is 41.2 Å². The molecular formula is C21H35N5O. The topological polar surface area (TPSA) is 53.0 Å². The summed E-state index contributed by atoms with van der Waals surface area (Å²) < 4.78 is 5.50. The average Bonchev–Trinajstić information content (AvgIpc) is 3.04. The molecule has 6 heteroatoms. The Morgan fingerprint density at radius 1 is 1.30 bits per heavy atom. The molecule has 1 N–H and O–H groups in total. The number of anilines is 1. The van der Waals surface area contributed by atoms with E-state index in [0.29, 0.717) is 12.5 Å². The SMILES string of the molecule is CCNC(=NCc1ccc(N2CCCCCC2)nc1)N(C)CC1CCOC1. The third kappa shape index (κ3) is 6.09. The zero-order valence-corrected chi connectivity index (χ0v) is 17.0. The van der Waals surface area contributed by atoms with Crippen LogP contribution in [0, 0.1) is 5.92 Å². The van der Waals surface area contributed by atoms with Crippen LogP contribution in [0.5, 0.6) is 0 Å². The summed E-state index contributed by atoms with van der Waals surface area (Å²) in [5.41, 5.74) is 1.15. The van der Waals surface area contributed by atoms with Crippen molar-refractivity contribution in [1.82, 2.24) is 15.2 Å². The molecule has 0 aliphatic carbocycles. The van der Waals surface area contributed by atoms with Gasteiger partial charge in [0.15, 0.2) is 5.96 Å². The number of nitrogens with zero attached hydrogens (tertiary/aromatic N) is 4. The molecule has 1 atom stereocenters. The van der Waals surface area contributed by atoms with Crippen molar-refractivity contribution in [2.75, 3.05) is 51.3 Å². The van der Waals surface area contributed by atoms with Gasteiger partial charge in [-0.05, 0) is 37.8 Å². The van der Waals surface area contributed by atoms with Crippen LogP contribution in [0.3, 0.4) is 0 Å². The molecule has 2 aliphatic heterocycles. The van der Waals surface area contributed by atoms with Crippen LogP contribution >= 0.6 is 0 Å². The molecule has 0 saturated carbocycles. The molecule has 1 aromatic heterocycles. The highest BCUT2D eigenvalue weighted by atomic mass is 16.5. The molecule has 0 radical (unpaired) electrons. The van der Waals surface area contributed by atoms with Crippen molar-refractivity contribution in [2.24, 2.45) is 10.9 Å². The lowest BCUT2D eigenvalue weighted by Gasteiger charge is -2.24. The zero-order chi connectivity index (χ0) is 18.9. The highest BCUT2D eigenvalue weighted by molar-refractivity contribution is 5.79. The van der Waals surface area contributed by atoms with Crippen LogP contribution < -0.4 is 10.2 Å². The van der Waals surface area contributed by atoms with E-state index in [1.807, 2.05) is 6.20 Å². The number of guanidine groups is 1. The van der Waals surface area contributed by atoms with Gasteiger partial charge in [0, 0.05) is 51.9 Å².